The third kappa shape index (κ3) is 2.58. The molecule has 16 heavy (non-hydrogen) atoms. The molecule has 2 aromatic rings. The molecule has 0 aliphatic heterocycles. The molecule has 4 heteroatoms. The van der Waals surface area contributed by atoms with Gasteiger partial charge in [0, 0.05) is 16.5 Å². The van der Waals surface area contributed by atoms with Gasteiger partial charge in [-0.3, -0.25) is 0 Å². The fourth-order valence-electron chi connectivity index (χ4n) is 1.51. The maximum Gasteiger partial charge on any atom is 0.122 e. The second-order valence-electron chi connectivity index (χ2n) is 3.35. The van der Waals surface area contributed by atoms with Gasteiger partial charge < -0.3 is 4.74 Å². The predicted molar refractivity (Wildman–Crippen MR) is 65.5 cm³/mol. The van der Waals surface area contributed by atoms with Crippen molar-refractivity contribution in [2.75, 3.05) is 7.11 Å². The van der Waals surface area contributed by atoms with Crippen LogP contribution in [-0.2, 0) is 6.42 Å². The highest BCUT2D eigenvalue weighted by molar-refractivity contribution is 9.10. The van der Waals surface area contributed by atoms with Crippen LogP contribution in [-0.4, -0.2) is 17.3 Å². The first-order valence-electron chi connectivity index (χ1n) is 4.88. The number of hydrogen-bond acceptors (Lipinski definition) is 3. The number of methoxy groups -OCH3 is 1. The van der Waals surface area contributed by atoms with Crippen LogP contribution in [0.1, 0.15) is 11.3 Å². The number of ether oxygens (including phenoxy) is 1. The minimum absolute atomic E-state index is 0.719. The minimum atomic E-state index is 0.719. The maximum atomic E-state index is 5.29. The fourth-order valence-corrected chi connectivity index (χ4v) is 1.87. The van der Waals surface area contributed by atoms with Crippen LogP contribution in [0.5, 0.6) is 5.75 Å². The second kappa shape index (κ2) is 5.07. The van der Waals surface area contributed by atoms with E-state index >= 15 is 0 Å². The number of hydrogen-bond donors (Lipinski definition) is 0. The Morgan fingerprint density at radius 2 is 2.12 bits per heavy atom. The Kier molecular flexibility index (Phi) is 3.51. The van der Waals surface area contributed by atoms with E-state index in [0.29, 0.717) is 0 Å². The van der Waals surface area contributed by atoms with Gasteiger partial charge in [-0.15, -0.1) is 0 Å². The molecular formula is C12H11BrN2O. The van der Waals surface area contributed by atoms with Crippen molar-refractivity contribution in [2.45, 2.75) is 6.42 Å². The molecule has 0 N–H and O–H groups in total. The summed E-state index contributed by atoms with van der Waals surface area (Å²) in [5.41, 5.74) is 2.02. The molecule has 2 rings (SSSR count). The summed E-state index contributed by atoms with van der Waals surface area (Å²) in [5.74, 6) is 0.879. The van der Waals surface area contributed by atoms with Gasteiger partial charge in [0.1, 0.15) is 5.75 Å². The van der Waals surface area contributed by atoms with Crippen LogP contribution >= 0.6 is 15.9 Å². The van der Waals surface area contributed by atoms with Crippen molar-refractivity contribution in [3.8, 4) is 5.75 Å². The zero-order valence-electron chi connectivity index (χ0n) is 8.85. The van der Waals surface area contributed by atoms with Crippen molar-refractivity contribution < 1.29 is 4.74 Å². The quantitative estimate of drug-likeness (QED) is 0.866. The summed E-state index contributed by atoms with van der Waals surface area (Å²) in [5, 5.41) is 7.97. The predicted octanol–water partition coefficient (Wildman–Crippen LogP) is 2.84. The summed E-state index contributed by atoms with van der Waals surface area (Å²) in [6, 6.07) is 9.87. The number of para-hydroxylation sites is 1. The van der Waals surface area contributed by atoms with E-state index in [1.54, 1.807) is 13.3 Å². The monoisotopic (exact) mass is 278 g/mol. The van der Waals surface area contributed by atoms with Crippen LogP contribution in [0.4, 0.5) is 0 Å². The highest BCUT2D eigenvalue weighted by Gasteiger charge is 2.04. The van der Waals surface area contributed by atoms with Crippen molar-refractivity contribution in [3.05, 3.63) is 52.3 Å². The fraction of sp³-hybridized carbons (Fsp3) is 0.167. The summed E-state index contributed by atoms with van der Waals surface area (Å²) in [7, 11) is 1.67. The molecule has 0 atom stereocenters. The van der Waals surface area contributed by atoms with Crippen molar-refractivity contribution in [1.29, 1.82) is 0 Å². The molecule has 0 saturated heterocycles. The lowest BCUT2D eigenvalue weighted by Crippen LogP contribution is -1.97. The first-order valence-corrected chi connectivity index (χ1v) is 5.68. The van der Waals surface area contributed by atoms with E-state index in [2.05, 4.69) is 26.1 Å². The van der Waals surface area contributed by atoms with E-state index in [1.807, 2.05) is 30.3 Å². The number of halogens is 1. The highest BCUT2D eigenvalue weighted by atomic mass is 79.9. The van der Waals surface area contributed by atoms with E-state index in [0.717, 1.165) is 27.9 Å². The summed E-state index contributed by atoms with van der Waals surface area (Å²) in [4.78, 5) is 0. The molecule has 1 aromatic heterocycles. The molecule has 0 saturated carbocycles. The molecule has 1 heterocycles. The van der Waals surface area contributed by atoms with Crippen molar-refractivity contribution in [3.63, 3.8) is 0 Å². The van der Waals surface area contributed by atoms with Crippen LogP contribution in [0, 0.1) is 0 Å². The largest absolute Gasteiger partial charge is 0.496 e. The van der Waals surface area contributed by atoms with Gasteiger partial charge in [-0.25, -0.2) is 0 Å². The number of aromatic nitrogens is 2. The van der Waals surface area contributed by atoms with E-state index in [1.165, 1.54) is 0 Å². The van der Waals surface area contributed by atoms with Gasteiger partial charge in [-0.05, 0) is 28.1 Å². The standard InChI is InChI=1S/C12H11BrN2O/c1-16-12-5-3-2-4-9(12)6-11-7-10(13)8-14-15-11/h2-5,7-8H,6H2,1H3. The summed E-state index contributed by atoms with van der Waals surface area (Å²) >= 11 is 3.38. The van der Waals surface area contributed by atoms with Crippen LogP contribution < -0.4 is 4.74 Å². The van der Waals surface area contributed by atoms with Crippen LogP contribution in [0.2, 0.25) is 0 Å². The Labute approximate surface area is 103 Å². The maximum absolute atomic E-state index is 5.29. The molecule has 0 radical (unpaired) electrons. The molecule has 0 fully saturated rings. The molecule has 0 amide bonds. The molecule has 0 aliphatic carbocycles. The lowest BCUT2D eigenvalue weighted by Gasteiger charge is -2.07. The van der Waals surface area contributed by atoms with E-state index in [9.17, 15) is 0 Å². The average Bonchev–Trinajstić information content (AvgIpc) is 2.30. The van der Waals surface area contributed by atoms with Gasteiger partial charge >= 0.3 is 0 Å². The molecule has 3 nitrogen and oxygen atoms in total. The van der Waals surface area contributed by atoms with Crippen LogP contribution in [0.3, 0.4) is 0 Å². The Morgan fingerprint density at radius 1 is 1.31 bits per heavy atom. The molecule has 82 valence electrons. The lowest BCUT2D eigenvalue weighted by molar-refractivity contribution is 0.410. The first kappa shape index (κ1) is 11.1. The van der Waals surface area contributed by atoms with Gasteiger partial charge in [0.15, 0.2) is 0 Å². The Morgan fingerprint density at radius 3 is 2.88 bits per heavy atom. The summed E-state index contributed by atoms with van der Waals surface area (Å²) in [6.07, 6.45) is 2.39. The summed E-state index contributed by atoms with van der Waals surface area (Å²) < 4.78 is 6.23. The molecular weight excluding hydrogens is 268 g/mol. The molecule has 0 bridgehead atoms. The van der Waals surface area contributed by atoms with E-state index in [4.69, 9.17) is 4.74 Å². The normalized spacial score (nSPS) is 10.1. The Balaban J connectivity index is 2.26. The third-order valence-electron chi connectivity index (χ3n) is 2.24. The van der Waals surface area contributed by atoms with Gasteiger partial charge in [0.25, 0.3) is 0 Å². The molecule has 1 aromatic carbocycles. The third-order valence-corrected chi connectivity index (χ3v) is 2.67. The molecule has 0 aliphatic rings. The van der Waals surface area contributed by atoms with Crippen molar-refractivity contribution in [1.82, 2.24) is 10.2 Å². The van der Waals surface area contributed by atoms with Crippen molar-refractivity contribution >= 4 is 15.9 Å². The van der Waals surface area contributed by atoms with Gasteiger partial charge in [-0.2, -0.15) is 10.2 Å². The first-order chi connectivity index (χ1) is 7.79. The van der Waals surface area contributed by atoms with Crippen LogP contribution in [0.25, 0.3) is 0 Å². The number of nitrogens with zero attached hydrogens (tertiary/aromatic N) is 2. The van der Waals surface area contributed by atoms with Gasteiger partial charge in [0.05, 0.1) is 19.0 Å². The number of rotatable bonds is 3. The topological polar surface area (TPSA) is 35.0 Å². The zero-order valence-corrected chi connectivity index (χ0v) is 10.4. The van der Waals surface area contributed by atoms with E-state index in [-0.39, 0.29) is 0 Å². The second-order valence-corrected chi connectivity index (χ2v) is 4.27. The minimum Gasteiger partial charge on any atom is -0.496 e. The van der Waals surface area contributed by atoms with Gasteiger partial charge in [-0.1, -0.05) is 18.2 Å². The smallest absolute Gasteiger partial charge is 0.122 e. The lowest BCUT2D eigenvalue weighted by atomic mass is 10.1. The molecule has 0 unspecified atom stereocenters. The number of benzene rings is 1. The van der Waals surface area contributed by atoms with Gasteiger partial charge in [0.2, 0.25) is 0 Å². The van der Waals surface area contributed by atoms with Crippen molar-refractivity contribution in [2.24, 2.45) is 0 Å². The molecule has 0 spiro atoms. The van der Waals surface area contributed by atoms with Crippen LogP contribution in [0.15, 0.2) is 41.0 Å². The SMILES string of the molecule is COc1ccccc1Cc1cc(Br)cnn1. The zero-order chi connectivity index (χ0) is 11.4. The Bertz CT molecular complexity index is 488. The van der Waals surface area contributed by atoms with E-state index < -0.39 is 0 Å². The average molecular weight is 279 g/mol. The highest BCUT2D eigenvalue weighted by Crippen LogP contribution is 2.20. The summed E-state index contributed by atoms with van der Waals surface area (Å²) in [6.45, 7) is 0. The Hall–Kier alpha value is -1.42.